The van der Waals surface area contributed by atoms with Crippen molar-refractivity contribution in [3.63, 3.8) is 0 Å². The molecule has 1 aromatic rings. The fourth-order valence-corrected chi connectivity index (χ4v) is 4.75. The minimum atomic E-state index is -0.454. The average molecular weight is 464 g/mol. The van der Waals surface area contributed by atoms with Crippen molar-refractivity contribution in [2.24, 2.45) is 11.1 Å². The fourth-order valence-electron chi connectivity index (χ4n) is 4.62. The van der Waals surface area contributed by atoms with E-state index in [1.807, 2.05) is 56.9 Å². The van der Waals surface area contributed by atoms with Gasteiger partial charge in [-0.25, -0.2) is 4.79 Å². The Balaban J connectivity index is 1.58. The van der Waals surface area contributed by atoms with Gasteiger partial charge in [0.25, 0.3) is 0 Å². The molecule has 0 radical (unpaired) electrons. The number of benzene rings is 1. The summed E-state index contributed by atoms with van der Waals surface area (Å²) in [5, 5.41) is 5.20. The molecule has 1 amide bonds. The Hall–Kier alpha value is -1.79. The molecule has 32 heavy (non-hydrogen) atoms. The number of halogens is 1. The quantitative estimate of drug-likeness (QED) is 0.422. The van der Waals surface area contributed by atoms with E-state index in [2.05, 4.69) is 17.0 Å². The smallest absolute Gasteiger partial charge is 0.410 e. The number of nitrogens with zero attached hydrogens (tertiary/aromatic N) is 3. The van der Waals surface area contributed by atoms with Crippen LogP contribution in [0.5, 0.6) is 0 Å². The molecule has 0 atom stereocenters. The minimum Gasteiger partial charge on any atom is -0.444 e. The average Bonchev–Trinajstić information content (AvgIpc) is 2.75. The molecule has 2 aliphatic heterocycles. The zero-order valence-electron chi connectivity index (χ0n) is 20.2. The molecule has 2 aliphatic rings. The van der Waals surface area contributed by atoms with Gasteiger partial charge < -0.3 is 14.5 Å². The Morgan fingerprint density at radius 2 is 1.72 bits per heavy atom. The molecule has 7 heteroatoms. The van der Waals surface area contributed by atoms with Crippen molar-refractivity contribution in [1.82, 2.24) is 9.80 Å². The molecule has 0 saturated carbocycles. The number of carbonyl (C=O) groups is 1. The van der Waals surface area contributed by atoms with Crippen molar-refractivity contribution in [2.75, 3.05) is 32.8 Å². The number of piperidine rings is 2. The molecular formula is C25H38ClN3O3. The molecule has 1 aromatic carbocycles. The van der Waals surface area contributed by atoms with Gasteiger partial charge in [0, 0.05) is 29.6 Å². The van der Waals surface area contributed by atoms with Gasteiger partial charge in [0.2, 0.25) is 0 Å². The Bertz CT molecular complexity index is 788. The fraction of sp³-hybridized carbons (Fsp3) is 0.680. The number of rotatable bonds is 5. The van der Waals surface area contributed by atoms with Crippen LogP contribution in [0.1, 0.15) is 65.9 Å². The second kappa shape index (κ2) is 10.4. The first-order chi connectivity index (χ1) is 15.1. The largest absolute Gasteiger partial charge is 0.444 e. The van der Waals surface area contributed by atoms with E-state index >= 15 is 0 Å². The monoisotopic (exact) mass is 463 g/mol. The van der Waals surface area contributed by atoms with E-state index in [0.717, 1.165) is 68.2 Å². The van der Waals surface area contributed by atoms with Crippen molar-refractivity contribution in [3.05, 3.63) is 34.9 Å². The highest BCUT2D eigenvalue weighted by molar-refractivity contribution is 6.30. The molecule has 0 spiro atoms. The van der Waals surface area contributed by atoms with Crippen molar-refractivity contribution in [1.29, 1.82) is 0 Å². The lowest BCUT2D eigenvalue weighted by Crippen LogP contribution is -2.57. The Labute approximate surface area is 197 Å². The summed E-state index contributed by atoms with van der Waals surface area (Å²) in [6.45, 7) is 14.1. The third-order valence-electron chi connectivity index (χ3n) is 6.57. The van der Waals surface area contributed by atoms with E-state index < -0.39 is 5.60 Å². The summed E-state index contributed by atoms with van der Waals surface area (Å²) < 4.78 is 5.55. The lowest BCUT2D eigenvalue weighted by Gasteiger charge is -2.49. The number of ether oxygens (including phenoxy) is 1. The van der Waals surface area contributed by atoms with E-state index in [1.165, 1.54) is 0 Å². The third-order valence-corrected chi connectivity index (χ3v) is 6.82. The van der Waals surface area contributed by atoms with Crippen LogP contribution in [-0.4, -0.2) is 65.5 Å². The summed E-state index contributed by atoms with van der Waals surface area (Å²) in [5.41, 5.74) is 1.76. The molecule has 2 fully saturated rings. The molecule has 0 unspecified atom stereocenters. The van der Waals surface area contributed by atoms with E-state index in [9.17, 15) is 4.79 Å². The molecule has 0 aliphatic carbocycles. The summed E-state index contributed by atoms with van der Waals surface area (Å²) in [4.78, 5) is 22.3. The van der Waals surface area contributed by atoms with Crippen molar-refractivity contribution in [2.45, 2.75) is 71.4 Å². The van der Waals surface area contributed by atoms with E-state index in [0.29, 0.717) is 12.5 Å². The van der Waals surface area contributed by atoms with Gasteiger partial charge in [-0.05, 0) is 91.1 Å². The van der Waals surface area contributed by atoms with E-state index in [4.69, 9.17) is 21.2 Å². The maximum absolute atomic E-state index is 12.4. The molecular weight excluding hydrogens is 426 g/mol. The maximum atomic E-state index is 12.4. The van der Waals surface area contributed by atoms with Crippen molar-refractivity contribution < 1.29 is 14.4 Å². The molecule has 2 saturated heterocycles. The Morgan fingerprint density at radius 1 is 1.12 bits per heavy atom. The van der Waals surface area contributed by atoms with Crippen LogP contribution in [0.15, 0.2) is 29.4 Å². The molecule has 178 valence electrons. The Morgan fingerprint density at radius 3 is 2.25 bits per heavy atom. The van der Waals surface area contributed by atoms with Crippen LogP contribution in [0.2, 0.25) is 5.02 Å². The van der Waals surface area contributed by atoms with Crippen LogP contribution >= 0.6 is 11.6 Å². The normalized spacial score (nSPS) is 20.8. The number of hydrogen-bond acceptors (Lipinski definition) is 5. The first-order valence-corrected chi connectivity index (χ1v) is 12.2. The molecule has 0 aromatic heterocycles. The van der Waals surface area contributed by atoms with Crippen LogP contribution in [0.4, 0.5) is 4.79 Å². The summed E-state index contributed by atoms with van der Waals surface area (Å²) in [5.74, 6) is 0.365. The molecule has 2 heterocycles. The number of amides is 1. The predicted molar refractivity (Wildman–Crippen MR) is 129 cm³/mol. The molecule has 0 N–H and O–H groups in total. The number of carbonyl (C=O) groups excluding carboxylic acids is 1. The van der Waals surface area contributed by atoms with E-state index in [-0.39, 0.29) is 11.6 Å². The van der Waals surface area contributed by atoms with Crippen LogP contribution < -0.4 is 0 Å². The van der Waals surface area contributed by atoms with Crippen molar-refractivity contribution >= 4 is 23.4 Å². The highest BCUT2D eigenvalue weighted by Crippen LogP contribution is 2.34. The lowest BCUT2D eigenvalue weighted by molar-refractivity contribution is -0.00828. The van der Waals surface area contributed by atoms with Gasteiger partial charge in [-0.15, -0.1) is 0 Å². The van der Waals surface area contributed by atoms with Gasteiger partial charge >= 0.3 is 6.09 Å². The van der Waals surface area contributed by atoms with Gasteiger partial charge in [-0.2, -0.15) is 0 Å². The lowest BCUT2D eigenvalue weighted by atomic mass is 9.82. The van der Waals surface area contributed by atoms with Crippen molar-refractivity contribution in [3.8, 4) is 0 Å². The topological polar surface area (TPSA) is 54.4 Å². The first kappa shape index (κ1) is 24.8. The highest BCUT2D eigenvalue weighted by atomic mass is 35.5. The van der Waals surface area contributed by atoms with Crippen LogP contribution in [0, 0.1) is 5.92 Å². The molecule has 3 rings (SSSR count). The van der Waals surface area contributed by atoms with Gasteiger partial charge in [0.1, 0.15) is 12.2 Å². The molecule has 6 nitrogen and oxygen atoms in total. The van der Waals surface area contributed by atoms with Gasteiger partial charge in [0.15, 0.2) is 0 Å². The van der Waals surface area contributed by atoms with Gasteiger partial charge in [-0.1, -0.05) is 28.9 Å². The minimum absolute atomic E-state index is 0.112. The predicted octanol–water partition coefficient (Wildman–Crippen LogP) is 5.58. The highest BCUT2D eigenvalue weighted by Gasteiger charge is 2.40. The summed E-state index contributed by atoms with van der Waals surface area (Å²) >= 11 is 6.08. The second-order valence-corrected chi connectivity index (χ2v) is 10.6. The Kier molecular flexibility index (Phi) is 8.10. The van der Waals surface area contributed by atoms with Gasteiger partial charge in [-0.3, -0.25) is 4.90 Å². The number of oxime groups is 1. The third kappa shape index (κ3) is 6.38. The summed E-state index contributed by atoms with van der Waals surface area (Å²) in [6, 6.07) is 7.88. The number of likely N-dealkylation sites (tertiary alicyclic amines) is 2. The maximum Gasteiger partial charge on any atom is 0.410 e. The molecule has 0 bridgehead atoms. The zero-order valence-corrected chi connectivity index (χ0v) is 21.0. The SMILES string of the molecule is CCO/N=C(/c1ccc(Cl)cc1)C1CCN(C2(C)CCN(C(=O)OC(C)(C)C)CC2)CC1. The van der Waals surface area contributed by atoms with Crippen LogP contribution in [0.3, 0.4) is 0 Å². The first-order valence-electron chi connectivity index (χ1n) is 11.8. The second-order valence-electron chi connectivity index (χ2n) is 10.1. The van der Waals surface area contributed by atoms with Crippen LogP contribution in [0.25, 0.3) is 0 Å². The standard InChI is InChI=1S/C25H38ClN3O3/c1-6-31-27-22(19-7-9-21(26)10-8-19)20-11-15-29(16-12-20)25(5)13-17-28(18-14-25)23(30)32-24(2,3)4/h7-10,20H,6,11-18H2,1-5H3/b27-22-. The summed E-state index contributed by atoms with van der Waals surface area (Å²) in [6.07, 6.45) is 3.82. The van der Waals surface area contributed by atoms with Crippen LogP contribution in [-0.2, 0) is 9.57 Å². The van der Waals surface area contributed by atoms with E-state index in [1.54, 1.807) is 0 Å². The number of hydrogen-bond donors (Lipinski definition) is 0. The zero-order chi connectivity index (χ0) is 23.4. The summed E-state index contributed by atoms with van der Waals surface area (Å²) in [7, 11) is 0. The van der Waals surface area contributed by atoms with Gasteiger partial charge in [0.05, 0.1) is 5.71 Å².